The molecule has 0 saturated carbocycles. The Bertz CT molecular complexity index is 276. The lowest BCUT2D eigenvalue weighted by atomic mass is 10.0. The van der Waals surface area contributed by atoms with Gasteiger partial charge in [0.15, 0.2) is 0 Å². The van der Waals surface area contributed by atoms with Crippen molar-refractivity contribution in [3.63, 3.8) is 0 Å². The first-order valence-corrected chi connectivity index (χ1v) is 6.64. The van der Waals surface area contributed by atoms with E-state index < -0.39 is 6.04 Å². The Kier molecular flexibility index (Phi) is 8.97. The summed E-state index contributed by atoms with van der Waals surface area (Å²) in [6.07, 6.45) is 5.52. The van der Waals surface area contributed by atoms with E-state index >= 15 is 0 Å². The minimum atomic E-state index is -0.626. The molecule has 0 rings (SSSR count). The van der Waals surface area contributed by atoms with Gasteiger partial charge in [-0.25, -0.2) is 4.79 Å². The lowest BCUT2D eigenvalue weighted by Crippen LogP contribution is -2.39. The van der Waals surface area contributed by atoms with E-state index in [1.54, 1.807) is 6.92 Å². The van der Waals surface area contributed by atoms with Crippen molar-refractivity contribution >= 4 is 11.9 Å². The Morgan fingerprint density at radius 1 is 1.39 bits per heavy atom. The van der Waals surface area contributed by atoms with Crippen LogP contribution in [0.4, 0.5) is 0 Å². The molecule has 0 fully saturated rings. The second kappa shape index (κ2) is 9.68. The van der Waals surface area contributed by atoms with E-state index in [2.05, 4.69) is 25.7 Å². The van der Waals surface area contributed by atoms with Gasteiger partial charge in [-0.3, -0.25) is 4.79 Å². The fourth-order valence-corrected chi connectivity index (χ4v) is 1.55. The van der Waals surface area contributed by atoms with E-state index in [4.69, 9.17) is 4.74 Å². The molecule has 0 heterocycles. The molecular formula is C14H25NO3. The fraction of sp³-hybridized carbons (Fsp3) is 0.714. The Labute approximate surface area is 110 Å². The molecule has 0 aliphatic heterocycles. The van der Waals surface area contributed by atoms with Crippen molar-refractivity contribution in [2.75, 3.05) is 6.61 Å². The van der Waals surface area contributed by atoms with Crippen LogP contribution in [-0.4, -0.2) is 24.5 Å². The van der Waals surface area contributed by atoms with Gasteiger partial charge in [-0.1, -0.05) is 39.7 Å². The minimum absolute atomic E-state index is 0.363. The van der Waals surface area contributed by atoms with Crippen molar-refractivity contribution in [2.24, 2.45) is 5.92 Å². The average Bonchev–Trinajstić information content (AvgIpc) is 2.38. The third-order valence-corrected chi connectivity index (χ3v) is 2.90. The molecule has 0 aromatic carbocycles. The van der Waals surface area contributed by atoms with Gasteiger partial charge in [0.1, 0.15) is 6.04 Å². The number of nitrogens with one attached hydrogen (secondary N) is 1. The van der Waals surface area contributed by atoms with Crippen molar-refractivity contribution in [2.45, 2.75) is 52.5 Å². The maximum Gasteiger partial charge on any atom is 0.328 e. The summed E-state index contributed by atoms with van der Waals surface area (Å²) in [5.74, 6) is -0.339. The van der Waals surface area contributed by atoms with Crippen molar-refractivity contribution in [3.8, 4) is 0 Å². The van der Waals surface area contributed by atoms with Crippen molar-refractivity contribution in [1.82, 2.24) is 5.32 Å². The summed E-state index contributed by atoms with van der Waals surface area (Å²) >= 11 is 0. The van der Waals surface area contributed by atoms with E-state index in [9.17, 15) is 9.59 Å². The van der Waals surface area contributed by atoms with E-state index in [0.29, 0.717) is 12.5 Å². The summed E-state index contributed by atoms with van der Waals surface area (Å²) in [6.45, 7) is 9.61. The van der Waals surface area contributed by atoms with Gasteiger partial charge in [-0.05, 0) is 25.3 Å². The van der Waals surface area contributed by atoms with Crippen LogP contribution in [0.5, 0.6) is 0 Å². The predicted octanol–water partition coefficient (Wildman–Crippen LogP) is 2.44. The SMILES string of the molecule is C=CC(=O)NC(C)C(=O)OCC(CC)CCCC. The van der Waals surface area contributed by atoms with E-state index in [-0.39, 0.29) is 11.9 Å². The summed E-state index contributed by atoms with van der Waals surface area (Å²) < 4.78 is 5.21. The molecule has 2 atom stereocenters. The standard InChI is InChI=1S/C14H25NO3/c1-5-8-9-12(6-2)10-18-14(17)11(4)15-13(16)7-3/h7,11-12H,3,5-6,8-10H2,1-2,4H3,(H,15,16). The molecular weight excluding hydrogens is 230 g/mol. The summed E-state index contributed by atoms with van der Waals surface area (Å²) in [5.41, 5.74) is 0. The average molecular weight is 255 g/mol. The molecule has 0 radical (unpaired) electrons. The number of esters is 1. The molecule has 0 bridgehead atoms. The second-order valence-electron chi connectivity index (χ2n) is 4.48. The van der Waals surface area contributed by atoms with Crippen molar-refractivity contribution < 1.29 is 14.3 Å². The number of unbranched alkanes of at least 4 members (excludes halogenated alkanes) is 1. The number of hydrogen-bond acceptors (Lipinski definition) is 3. The molecule has 0 aromatic rings. The molecule has 2 unspecified atom stereocenters. The van der Waals surface area contributed by atoms with E-state index in [1.165, 1.54) is 0 Å². The summed E-state index contributed by atoms with van der Waals surface area (Å²) in [5, 5.41) is 2.48. The molecule has 0 aromatic heterocycles. The highest BCUT2D eigenvalue weighted by molar-refractivity contribution is 5.90. The highest BCUT2D eigenvalue weighted by Gasteiger charge is 2.17. The topological polar surface area (TPSA) is 55.4 Å². The van der Waals surface area contributed by atoms with Gasteiger partial charge in [-0.15, -0.1) is 0 Å². The van der Waals surface area contributed by atoms with Crippen LogP contribution < -0.4 is 5.32 Å². The van der Waals surface area contributed by atoms with E-state index in [0.717, 1.165) is 31.8 Å². The Balaban J connectivity index is 3.98. The first-order valence-electron chi connectivity index (χ1n) is 6.64. The van der Waals surface area contributed by atoms with Gasteiger partial charge in [0.25, 0.3) is 0 Å². The third kappa shape index (κ3) is 7.09. The maximum atomic E-state index is 11.6. The Hall–Kier alpha value is -1.32. The monoisotopic (exact) mass is 255 g/mol. The Morgan fingerprint density at radius 2 is 2.06 bits per heavy atom. The molecule has 0 aliphatic carbocycles. The molecule has 18 heavy (non-hydrogen) atoms. The Morgan fingerprint density at radius 3 is 2.56 bits per heavy atom. The normalized spacial score (nSPS) is 13.5. The molecule has 1 N–H and O–H groups in total. The number of rotatable bonds is 9. The molecule has 0 spiro atoms. The van der Waals surface area contributed by atoms with Crippen LogP contribution in [0.3, 0.4) is 0 Å². The number of amides is 1. The zero-order valence-electron chi connectivity index (χ0n) is 11.7. The molecule has 1 amide bonds. The number of ether oxygens (including phenoxy) is 1. The largest absolute Gasteiger partial charge is 0.464 e. The van der Waals surface area contributed by atoms with Gasteiger partial charge in [-0.2, -0.15) is 0 Å². The molecule has 0 saturated heterocycles. The van der Waals surface area contributed by atoms with Crippen LogP contribution in [0.15, 0.2) is 12.7 Å². The highest BCUT2D eigenvalue weighted by Crippen LogP contribution is 2.13. The van der Waals surface area contributed by atoms with Gasteiger partial charge < -0.3 is 10.1 Å². The van der Waals surface area contributed by atoms with Gasteiger partial charge in [0, 0.05) is 0 Å². The molecule has 104 valence electrons. The highest BCUT2D eigenvalue weighted by atomic mass is 16.5. The van der Waals surface area contributed by atoms with Crippen LogP contribution in [0, 0.1) is 5.92 Å². The van der Waals surface area contributed by atoms with Crippen LogP contribution in [0.25, 0.3) is 0 Å². The third-order valence-electron chi connectivity index (χ3n) is 2.90. The van der Waals surface area contributed by atoms with Crippen molar-refractivity contribution in [3.05, 3.63) is 12.7 Å². The quantitative estimate of drug-likeness (QED) is 0.508. The van der Waals surface area contributed by atoms with Crippen molar-refractivity contribution in [1.29, 1.82) is 0 Å². The molecule has 4 heteroatoms. The lowest BCUT2D eigenvalue weighted by molar-refractivity contribution is -0.148. The number of carbonyl (C=O) groups excluding carboxylic acids is 2. The van der Waals surface area contributed by atoms with Gasteiger partial charge in [0.05, 0.1) is 6.61 Å². The molecule has 4 nitrogen and oxygen atoms in total. The number of hydrogen-bond donors (Lipinski definition) is 1. The molecule has 0 aliphatic rings. The maximum absolute atomic E-state index is 11.6. The summed E-state index contributed by atoms with van der Waals surface area (Å²) in [6, 6.07) is -0.626. The minimum Gasteiger partial charge on any atom is -0.464 e. The lowest BCUT2D eigenvalue weighted by Gasteiger charge is -2.17. The van der Waals surface area contributed by atoms with Crippen LogP contribution in [0.2, 0.25) is 0 Å². The zero-order chi connectivity index (χ0) is 14.0. The predicted molar refractivity (Wildman–Crippen MR) is 72.1 cm³/mol. The van der Waals surface area contributed by atoms with Crippen LogP contribution in [-0.2, 0) is 14.3 Å². The first kappa shape index (κ1) is 16.7. The van der Waals surface area contributed by atoms with Crippen LogP contribution in [0.1, 0.15) is 46.5 Å². The van der Waals surface area contributed by atoms with Gasteiger partial charge in [0.2, 0.25) is 5.91 Å². The fourth-order valence-electron chi connectivity index (χ4n) is 1.55. The summed E-state index contributed by atoms with van der Waals surface area (Å²) in [7, 11) is 0. The number of carbonyl (C=O) groups is 2. The first-order chi connectivity index (χ1) is 8.54. The summed E-state index contributed by atoms with van der Waals surface area (Å²) in [4.78, 5) is 22.6. The van der Waals surface area contributed by atoms with Gasteiger partial charge >= 0.3 is 5.97 Å². The zero-order valence-corrected chi connectivity index (χ0v) is 11.7. The smallest absolute Gasteiger partial charge is 0.328 e. The second-order valence-corrected chi connectivity index (χ2v) is 4.48. The van der Waals surface area contributed by atoms with E-state index in [1.807, 2.05) is 0 Å². The van der Waals surface area contributed by atoms with Crippen LogP contribution >= 0.6 is 0 Å².